The SMILES string of the molecule is O=C(CCc1nc(-c2cccs2)no1)Nn1cnc2ccccc21. The van der Waals surface area contributed by atoms with Crippen LogP contribution in [-0.4, -0.2) is 25.7 Å². The number of thiophene rings is 1. The Balaban J connectivity index is 1.38. The molecule has 1 N–H and O–H groups in total. The van der Waals surface area contributed by atoms with Crippen LogP contribution < -0.4 is 5.43 Å². The van der Waals surface area contributed by atoms with E-state index in [0.29, 0.717) is 18.1 Å². The molecular weight excluding hydrogens is 326 g/mol. The minimum atomic E-state index is -0.144. The first-order valence-corrected chi connectivity index (χ1v) is 8.26. The third kappa shape index (κ3) is 2.91. The molecule has 0 saturated carbocycles. The van der Waals surface area contributed by atoms with Gasteiger partial charge < -0.3 is 4.52 Å². The summed E-state index contributed by atoms with van der Waals surface area (Å²) >= 11 is 1.54. The van der Waals surface area contributed by atoms with Gasteiger partial charge in [0.05, 0.1) is 15.9 Å². The van der Waals surface area contributed by atoms with Crippen LogP contribution in [0.2, 0.25) is 0 Å². The van der Waals surface area contributed by atoms with Crippen LogP contribution in [0, 0.1) is 0 Å². The third-order valence-electron chi connectivity index (χ3n) is 3.47. The summed E-state index contributed by atoms with van der Waals surface area (Å²) in [6.07, 6.45) is 2.22. The second kappa shape index (κ2) is 6.25. The van der Waals surface area contributed by atoms with Gasteiger partial charge in [-0.15, -0.1) is 11.3 Å². The molecule has 0 bridgehead atoms. The largest absolute Gasteiger partial charge is 0.339 e. The fourth-order valence-electron chi connectivity index (χ4n) is 2.32. The quantitative estimate of drug-likeness (QED) is 0.604. The van der Waals surface area contributed by atoms with Crippen molar-refractivity contribution in [3.63, 3.8) is 0 Å². The Morgan fingerprint density at radius 3 is 3.04 bits per heavy atom. The number of nitrogens with one attached hydrogen (secondary N) is 1. The molecule has 0 radical (unpaired) electrons. The number of aryl methyl sites for hydroxylation is 1. The Hall–Kier alpha value is -3.00. The average Bonchev–Trinajstić information content (AvgIpc) is 3.34. The summed E-state index contributed by atoms with van der Waals surface area (Å²) in [7, 11) is 0. The fourth-order valence-corrected chi connectivity index (χ4v) is 2.97. The summed E-state index contributed by atoms with van der Waals surface area (Å²) in [5.74, 6) is 0.860. The Bertz CT molecular complexity index is 973. The van der Waals surface area contributed by atoms with E-state index < -0.39 is 0 Å². The second-order valence-corrected chi connectivity index (χ2v) is 6.07. The van der Waals surface area contributed by atoms with Crippen molar-refractivity contribution >= 4 is 28.3 Å². The molecule has 1 aromatic carbocycles. The summed E-state index contributed by atoms with van der Waals surface area (Å²) in [4.78, 5) is 21.6. The maximum absolute atomic E-state index is 12.1. The van der Waals surface area contributed by atoms with Crippen LogP contribution in [0.4, 0.5) is 0 Å². The number of fused-ring (bicyclic) bond motifs is 1. The predicted molar refractivity (Wildman–Crippen MR) is 90.0 cm³/mol. The standard InChI is InChI=1S/C16H13N5O2S/c22-14(19-21-10-17-11-4-1-2-5-12(11)21)7-8-15-18-16(20-23-15)13-6-3-9-24-13/h1-6,9-10H,7-8H2,(H,19,22). The number of para-hydroxylation sites is 2. The third-order valence-corrected chi connectivity index (χ3v) is 4.34. The number of aromatic nitrogens is 4. The van der Waals surface area contributed by atoms with Gasteiger partial charge in [0.1, 0.15) is 6.33 Å². The summed E-state index contributed by atoms with van der Waals surface area (Å²) in [6.45, 7) is 0. The van der Waals surface area contributed by atoms with Gasteiger partial charge in [0.2, 0.25) is 17.6 Å². The summed E-state index contributed by atoms with van der Waals surface area (Å²) in [6, 6.07) is 11.4. The highest BCUT2D eigenvalue weighted by atomic mass is 32.1. The van der Waals surface area contributed by atoms with E-state index in [2.05, 4.69) is 20.6 Å². The second-order valence-electron chi connectivity index (χ2n) is 5.13. The molecule has 3 aromatic heterocycles. The van der Waals surface area contributed by atoms with Gasteiger partial charge in [0.25, 0.3) is 0 Å². The van der Waals surface area contributed by atoms with Crippen LogP contribution in [0.1, 0.15) is 12.3 Å². The van der Waals surface area contributed by atoms with Crippen molar-refractivity contribution in [3.8, 4) is 10.7 Å². The van der Waals surface area contributed by atoms with Crippen LogP contribution in [-0.2, 0) is 11.2 Å². The monoisotopic (exact) mass is 339 g/mol. The number of imidazole rings is 1. The average molecular weight is 339 g/mol. The molecule has 24 heavy (non-hydrogen) atoms. The summed E-state index contributed by atoms with van der Waals surface area (Å²) in [5, 5.41) is 5.88. The van der Waals surface area contributed by atoms with Crippen LogP contribution in [0.15, 0.2) is 52.6 Å². The number of nitrogens with zero attached hydrogens (tertiary/aromatic N) is 4. The zero-order valence-electron chi connectivity index (χ0n) is 12.5. The number of carbonyl (C=O) groups is 1. The molecule has 0 aliphatic heterocycles. The molecule has 0 saturated heterocycles. The van der Waals surface area contributed by atoms with Crippen LogP contribution in [0.3, 0.4) is 0 Å². The Kier molecular flexibility index (Phi) is 3.80. The van der Waals surface area contributed by atoms with Crippen molar-refractivity contribution in [1.29, 1.82) is 0 Å². The lowest BCUT2D eigenvalue weighted by Gasteiger charge is -2.05. The van der Waals surface area contributed by atoms with E-state index >= 15 is 0 Å². The van der Waals surface area contributed by atoms with Crippen LogP contribution >= 0.6 is 11.3 Å². The first kappa shape index (κ1) is 14.6. The minimum absolute atomic E-state index is 0.144. The van der Waals surface area contributed by atoms with E-state index in [1.807, 2.05) is 41.8 Å². The maximum Gasteiger partial charge on any atom is 0.239 e. The topological polar surface area (TPSA) is 85.8 Å². The Morgan fingerprint density at radius 2 is 2.17 bits per heavy atom. The molecule has 0 aliphatic carbocycles. The van der Waals surface area contributed by atoms with E-state index in [9.17, 15) is 4.79 Å². The zero-order valence-corrected chi connectivity index (χ0v) is 13.4. The lowest BCUT2D eigenvalue weighted by Crippen LogP contribution is -2.22. The smallest absolute Gasteiger partial charge is 0.239 e. The Morgan fingerprint density at radius 1 is 1.25 bits per heavy atom. The number of hydrogen-bond donors (Lipinski definition) is 1. The number of hydrogen-bond acceptors (Lipinski definition) is 6. The van der Waals surface area contributed by atoms with Crippen molar-refractivity contribution in [3.05, 3.63) is 54.0 Å². The number of carbonyl (C=O) groups excluding carboxylic acids is 1. The van der Waals surface area contributed by atoms with Crippen molar-refractivity contribution < 1.29 is 9.32 Å². The molecule has 7 nitrogen and oxygen atoms in total. The fraction of sp³-hybridized carbons (Fsp3) is 0.125. The van der Waals surface area contributed by atoms with E-state index in [4.69, 9.17) is 4.52 Å². The molecule has 0 atom stereocenters. The van der Waals surface area contributed by atoms with Gasteiger partial charge in [-0.2, -0.15) is 4.98 Å². The summed E-state index contributed by atoms with van der Waals surface area (Å²) in [5.41, 5.74) is 4.48. The van der Waals surface area contributed by atoms with Gasteiger partial charge in [-0.05, 0) is 23.6 Å². The van der Waals surface area contributed by atoms with Gasteiger partial charge in [-0.3, -0.25) is 10.2 Å². The van der Waals surface area contributed by atoms with E-state index in [0.717, 1.165) is 15.9 Å². The molecular formula is C16H13N5O2S. The van der Waals surface area contributed by atoms with Crippen molar-refractivity contribution in [2.75, 3.05) is 5.43 Å². The lowest BCUT2D eigenvalue weighted by molar-refractivity contribution is -0.117. The maximum atomic E-state index is 12.1. The zero-order chi connectivity index (χ0) is 16.4. The number of benzene rings is 1. The molecule has 0 unspecified atom stereocenters. The molecule has 0 fully saturated rings. The molecule has 120 valence electrons. The van der Waals surface area contributed by atoms with E-state index in [1.54, 1.807) is 22.3 Å². The number of rotatable bonds is 5. The van der Waals surface area contributed by atoms with Gasteiger partial charge in [0, 0.05) is 12.8 Å². The molecule has 1 amide bonds. The van der Waals surface area contributed by atoms with Crippen LogP contribution in [0.25, 0.3) is 21.7 Å². The van der Waals surface area contributed by atoms with E-state index in [-0.39, 0.29) is 12.3 Å². The van der Waals surface area contributed by atoms with E-state index in [1.165, 1.54) is 0 Å². The number of amides is 1. The predicted octanol–water partition coefficient (Wildman–Crippen LogP) is 2.85. The van der Waals surface area contributed by atoms with Crippen molar-refractivity contribution in [1.82, 2.24) is 19.8 Å². The van der Waals surface area contributed by atoms with Gasteiger partial charge in [-0.25, -0.2) is 9.66 Å². The van der Waals surface area contributed by atoms with Crippen molar-refractivity contribution in [2.24, 2.45) is 0 Å². The van der Waals surface area contributed by atoms with Crippen molar-refractivity contribution in [2.45, 2.75) is 12.8 Å². The van der Waals surface area contributed by atoms with Gasteiger partial charge in [-0.1, -0.05) is 23.4 Å². The highest BCUT2D eigenvalue weighted by Crippen LogP contribution is 2.21. The Labute approximate surface area is 140 Å². The highest BCUT2D eigenvalue weighted by molar-refractivity contribution is 7.13. The highest BCUT2D eigenvalue weighted by Gasteiger charge is 2.12. The molecule has 0 aliphatic rings. The summed E-state index contributed by atoms with van der Waals surface area (Å²) < 4.78 is 6.80. The molecule has 4 rings (SSSR count). The molecule has 0 spiro atoms. The molecule has 4 aromatic rings. The minimum Gasteiger partial charge on any atom is -0.339 e. The van der Waals surface area contributed by atoms with Crippen LogP contribution in [0.5, 0.6) is 0 Å². The molecule has 3 heterocycles. The van der Waals surface area contributed by atoms with Gasteiger partial charge in [0.15, 0.2) is 0 Å². The normalized spacial score (nSPS) is 11.0. The van der Waals surface area contributed by atoms with Gasteiger partial charge >= 0.3 is 0 Å². The lowest BCUT2D eigenvalue weighted by atomic mass is 10.3. The molecule has 8 heteroatoms. The first-order valence-electron chi connectivity index (χ1n) is 7.38. The first-order chi connectivity index (χ1) is 11.8.